The summed E-state index contributed by atoms with van der Waals surface area (Å²) >= 11 is -0.158. The molecule has 0 heterocycles. The van der Waals surface area contributed by atoms with Crippen molar-refractivity contribution < 1.29 is 8.78 Å². The van der Waals surface area contributed by atoms with E-state index in [1.54, 1.807) is 0 Å². The van der Waals surface area contributed by atoms with Gasteiger partial charge in [0, 0.05) is 16.8 Å². The quantitative estimate of drug-likeness (QED) is 0.480. The molecule has 48 valence electrons. The van der Waals surface area contributed by atoms with E-state index in [9.17, 15) is 8.78 Å². The van der Waals surface area contributed by atoms with Gasteiger partial charge in [-0.25, -0.2) is 8.78 Å². The molecule has 0 spiro atoms. The maximum absolute atomic E-state index is 12.0. The molecule has 1 aliphatic carbocycles. The number of hydrogen-bond acceptors (Lipinski definition) is 0. The fourth-order valence-electron chi connectivity index (χ4n) is 0.697. The highest BCUT2D eigenvalue weighted by molar-refractivity contribution is 14.2. The van der Waals surface area contributed by atoms with Crippen molar-refractivity contribution in [1.29, 1.82) is 0 Å². The second-order valence-corrected chi connectivity index (χ2v) is 4.66. The molecule has 3 heteroatoms. The lowest BCUT2D eigenvalue weighted by molar-refractivity contribution is -0.0632. The minimum absolute atomic E-state index is 0.115. The summed E-state index contributed by atoms with van der Waals surface area (Å²) in [4.78, 5) is 0. The molecule has 0 unspecified atom stereocenters. The van der Waals surface area contributed by atoms with Gasteiger partial charge in [0.2, 0.25) is 5.92 Å². The van der Waals surface area contributed by atoms with Gasteiger partial charge in [-0.2, -0.15) is 0 Å². The van der Waals surface area contributed by atoms with E-state index in [0.29, 0.717) is 3.92 Å². The van der Waals surface area contributed by atoms with Gasteiger partial charge in [-0.15, -0.1) is 20.7 Å². The van der Waals surface area contributed by atoms with E-state index >= 15 is 0 Å². The van der Waals surface area contributed by atoms with Crippen LogP contribution in [0.15, 0.2) is 0 Å². The molecule has 1 saturated carbocycles. The Morgan fingerprint density at radius 1 is 1.50 bits per heavy atom. The Morgan fingerprint density at radius 3 is 2.12 bits per heavy atom. The molecule has 0 aromatic heterocycles. The Bertz CT molecular complexity index is 103. The number of alkyl halides is 3. The molecule has 0 aromatic carbocycles. The minimum Gasteiger partial charge on any atom is -0.207 e. The van der Waals surface area contributed by atoms with Crippen LogP contribution in [0, 0.1) is 0 Å². The van der Waals surface area contributed by atoms with Crippen molar-refractivity contribution in [2.45, 2.75) is 22.7 Å². The summed E-state index contributed by atoms with van der Waals surface area (Å²) in [5.41, 5.74) is 0. The molecule has 1 fully saturated rings. The van der Waals surface area contributed by atoms with Gasteiger partial charge in [-0.05, 0) is 0 Å². The molecule has 0 radical (unpaired) electrons. The molecular formula is C5H7F2I. The SMILES string of the molecule is C=IC1CC(F)(F)C1. The Hall–Kier alpha value is 0.460. The van der Waals surface area contributed by atoms with Gasteiger partial charge >= 0.3 is 0 Å². The first kappa shape index (κ1) is 6.58. The second kappa shape index (κ2) is 2.01. The fraction of sp³-hybridized carbons (Fsp3) is 0.800. The van der Waals surface area contributed by atoms with E-state index < -0.39 is 5.92 Å². The number of rotatable bonds is 1. The summed E-state index contributed by atoms with van der Waals surface area (Å²) in [5.74, 6) is -2.32. The van der Waals surface area contributed by atoms with Crippen molar-refractivity contribution in [3.63, 3.8) is 0 Å². The summed E-state index contributed by atoms with van der Waals surface area (Å²) < 4.78 is 27.9. The van der Waals surface area contributed by atoms with Crippen LogP contribution in [0.2, 0.25) is 0 Å². The normalized spacial score (nSPS) is 27.2. The zero-order chi connectivity index (χ0) is 6.20. The first-order valence-corrected chi connectivity index (χ1v) is 5.16. The zero-order valence-electron chi connectivity index (χ0n) is 4.33. The van der Waals surface area contributed by atoms with E-state index in [-0.39, 0.29) is 33.6 Å². The van der Waals surface area contributed by atoms with Crippen LogP contribution in [0.25, 0.3) is 0 Å². The summed E-state index contributed by atoms with van der Waals surface area (Å²) in [6.07, 6.45) is 0.230. The fourth-order valence-corrected chi connectivity index (χ4v) is 2.61. The molecule has 0 atom stereocenters. The van der Waals surface area contributed by atoms with Gasteiger partial charge < -0.3 is 0 Å². The molecule has 8 heavy (non-hydrogen) atoms. The van der Waals surface area contributed by atoms with Gasteiger partial charge in [-0.3, -0.25) is 0 Å². The maximum Gasteiger partial charge on any atom is 0.250 e. The Kier molecular flexibility index (Phi) is 1.65. The largest absolute Gasteiger partial charge is 0.250 e. The lowest BCUT2D eigenvalue weighted by Crippen LogP contribution is -2.35. The Morgan fingerprint density at radius 2 is 2.00 bits per heavy atom. The summed E-state index contributed by atoms with van der Waals surface area (Å²) in [5, 5.41) is 0. The summed E-state index contributed by atoms with van der Waals surface area (Å²) in [7, 11) is 0. The predicted octanol–water partition coefficient (Wildman–Crippen LogP) is 2.19. The molecule has 1 aliphatic rings. The molecule has 0 nitrogen and oxygen atoms in total. The van der Waals surface area contributed by atoms with Gasteiger partial charge in [0.05, 0.1) is 0 Å². The average molecular weight is 232 g/mol. The van der Waals surface area contributed by atoms with Crippen molar-refractivity contribution >= 4 is 25.2 Å². The second-order valence-electron chi connectivity index (χ2n) is 2.02. The Labute approximate surface area is 57.0 Å². The van der Waals surface area contributed by atoms with Crippen LogP contribution in [0.5, 0.6) is 0 Å². The monoisotopic (exact) mass is 232 g/mol. The molecule has 0 bridgehead atoms. The van der Waals surface area contributed by atoms with E-state index in [4.69, 9.17) is 0 Å². The van der Waals surface area contributed by atoms with E-state index in [0.717, 1.165) is 0 Å². The predicted molar refractivity (Wildman–Crippen MR) is 39.1 cm³/mol. The van der Waals surface area contributed by atoms with Crippen LogP contribution in [-0.2, 0) is 0 Å². The molecule has 0 N–H and O–H groups in total. The van der Waals surface area contributed by atoms with E-state index in [1.165, 1.54) is 0 Å². The van der Waals surface area contributed by atoms with Crippen molar-refractivity contribution in [1.82, 2.24) is 0 Å². The van der Waals surface area contributed by atoms with Crippen LogP contribution in [0.3, 0.4) is 0 Å². The third-order valence-corrected chi connectivity index (χ3v) is 3.38. The third kappa shape index (κ3) is 1.24. The number of halogens is 3. The summed E-state index contributed by atoms with van der Waals surface area (Å²) in [6, 6.07) is 0. The first-order chi connectivity index (χ1) is 3.64. The summed E-state index contributed by atoms with van der Waals surface area (Å²) in [6.45, 7) is 0. The van der Waals surface area contributed by atoms with Crippen molar-refractivity contribution in [3.8, 4) is 0 Å². The van der Waals surface area contributed by atoms with Gasteiger partial charge in [0.1, 0.15) is 0 Å². The molecule has 1 rings (SSSR count). The first-order valence-electron chi connectivity index (χ1n) is 2.39. The average Bonchev–Trinajstić information content (AvgIpc) is 1.60. The van der Waals surface area contributed by atoms with Crippen molar-refractivity contribution in [2.24, 2.45) is 0 Å². The molecule has 0 aromatic rings. The highest BCUT2D eigenvalue weighted by Crippen LogP contribution is 2.43. The highest BCUT2D eigenvalue weighted by Gasteiger charge is 2.43. The smallest absolute Gasteiger partial charge is 0.207 e. The van der Waals surface area contributed by atoms with Crippen LogP contribution in [0.1, 0.15) is 12.8 Å². The number of hydrogen-bond donors (Lipinski definition) is 0. The molecule has 0 aliphatic heterocycles. The highest BCUT2D eigenvalue weighted by atomic mass is 127. The third-order valence-electron chi connectivity index (χ3n) is 1.26. The van der Waals surface area contributed by atoms with Gasteiger partial charge in [0.15, 0.2) is 0 Å². The lowest BCUT2D eigenvalue weighted by atomic mass is 9.95. The van der Waals surface area contributed by atoms with Crippen molar-refractivity contribution in [3.05, 3.63) is 0 Å². The molecule has 0 amide bonds. The molecule has 0 saturated heterocycles. The zero-order valence-corrected chi connectivity index (χ0v) is 6.49. The van der Waals surface area contributed by atoms with Crippen LogP contribution in [-0.4, -0.2) is 14.4 Å². The van der Waals surface area contributed by atoms with E-state index in [1.807, 2.05) is 0 Å². The Balaban J connectivity index is 2.31. The standard InChI is InChI=1S/C5H7F2I/c1-8-4-2-5(6,7)3-4/h4H,1-3H2. The lowest BCUT2D eigenvalue weighted by Gasteiger charge is -2.31. The topological polar surface area (TPSA) is 0 Å². The van der Waals surface area contributed by atoms with Crippen molar-refractivity contribution in [2.75, 3.05) is 0 Å². The van der Waals surface area contributed by atoms with Crippen LogP contribution < -0.4 is 0 Å². The van der Waals surface area contributed by atoms with Crippen LogP contribution in [0.4, 0.5) is 8.78 Å². The van der Waals surface area contributed by atoms with Crippen LogP contribution >= 0.6 is 20.7 Å². The minimum atomic E-state index is -2.32. The maximum atomic E-state index is 12.0. The molecular weight excluding hydrogens is 225 g/mol. The van der Waals surface area contributed by atoms with Gasteiger partial charge in [0.25, 0.3) is 0 Å². The van der Waals surface area contributed by atoms with Gasteiger partial charge in [-0.1, -0.05) is 4.51 Å². The van der Waals surface area contributed by atoms with E-state index in [2.05, 4.69) is 4.51 Å².